The van der Waals surface area contributed by atoms with Crippen LogP contribution in [0.4, 0.5) is 4.79 Å². The standard InChI is InChI=1S/C17H24N2O3S/c1-12-13(2)23(21,22)9-8-19(12)17(20)18-16-10-15(11-16)14-6-4-3-5-7-14/h3-7,12-13,15-16H,8-11H2,1-2H3,(H,18,20)/t12-,13+,15?,16?/m1/s1. The van der Waals surface area contributed by atoms with Gasteiger partial charge in [0.2, 0.25) is 0 Å². The number of carbonyl (C=O) groups excluding carboxylic acids is 1. The molecule has 1 N–H and O–H groups in total. The molecule has 2 atom stereocenters. The summed E-state index contributed by atoms with van der Waals surface area (Å²) >= 11 is 0. The van der Waals surface area contributed by atoms with Gasteiger partial charge in [0.25, 0.3) is 0 Å². The first-order valence-electron chi connectivity index (χ1n) is 8.22. The van der Waals surface area contributed by atoms with Crippen LogP contribution in [0, 0.1) is 0 Å². The third kappa shape index (κ3) is 3.22. The van der Waals surface area contributed by atoms with E-state index in [-0.39, 0.29) is 30.4 Å². The van der Waals surface area contributed by atoms with Crippen molar-refractivity contribution < 1.29 is 13.2 Å². The van der Waals surface area contributed by atoms with E-state index in [4.69, 9.17) is 0 Å². The van der Waals surface area contributed by atoms with E-state index in [1.807, 2.05) is 25.1 Å². The summed E-state index contributed by atoms with van der Waals surface area (Å²) in [6.07, 6.45) is 1.90. The number of nitrogens with one attached hydrogen (secondary N) is 1. The van der Waals surface area contributed by atoms with Crippen LogP contribution in [0.2, 0.25) is 0 Å². The third-order valence-corrected chi connectivity index (χ3v) is 7.63. The highest BCUT2D eigenvalue weighted by Gasteiger charge is 2.39. The Balaban J connectivity index is 1.53. The minimum Gasteiger partial charge on any atom is -0.335 e. The van der Waals surface area contributed by atoms with E-state index in [9.17, 15) is 13.2 Å². The zero-order valence-electron chi connectivity index (χ0n) is 13.6. The SMILES string of the molecule is C[C@@H]1[C@H](C)S(=O)(=O)CCN1C(=O)NC1CC(c2ccccc2)C1. The highest BCUT2D eigenvalue weighted by molar-refractivity contribution is 7.92. The first-order valence-corrected chi connectivity index (χ1v) is 9.93. The fraction of sp³-hybridized carbons (Fsp3) is 0.588. The molecule has 2 amide bonds. The lowest BCUT2D eigenvalue weighted by atomic mass is 9.76. The van der Waals surface area contributed by atoms with E-state index in [0.717, 1.165) is 12.8 Å². The van der Waals surface area contributed by atoms with Crippen LogP contribution in [0.25, 0.3) is 0 Å². The van der Waals surface area contributed by atoms with Crippen LogP contribution in [0.1, 0.15) is 38.2 Å². The van der Waals surface area contributed by atoms with E-state index >= 15 is 0 Å². The fourth-order valence-electron chi connectivity index (χ4n) is 3.45. The monoisotopic (exact) mass is 336 g/mol. The van der Waals surface area contributed by atoms with E-state index in [1.165, 1.54) is 5.56 Å². The van der Waals surface area contributed by atoms with E-state index in [0.29, 0.717) is 5.92 Å². The predicted molar refractivity (Wildman–Crippen MR) is 90.2 cm³/mol. The normalized spacial score (nSPS) is 32.9. The van der Waals surface area contributed by atoms with Crippen LogP contribution in [-0.2, 0) is 9.84 Å². The molecule has 23 heavy (non-hydrogen) atoms. The molecule has 2 aliphatic rings. The van der Waals surface area contributed by atoms with Crippen molar-refractivity contribution >= 4 is 15.9 Å². The molecular formula is C17H24N2O3S. The number of hydrogen-bond acceptors (Lipinski definition) is 3. The molecule has 1 aliphatic carbocycles. The minimum atomic E-state index is -3.06. The highest BCUT2D eigenvalue weighted by Crippen LogP contribution is 2.36. The van der Waals surface area contributed by atoms with Gasteiger partial charge in [0.15, 0.2) is 9.84 Å². The van der Waals surface area contributed by atoms with Crippen LogP contribution >= 0.6 is 0 Å². The molecule has 0 aromatic heterocycles. The number of sulfone groups is 1. The lowest BCUT2D eigenvalue weighted by Gasteiger charge is -2.41. The Bertz CT molecular complexity index is 668. The van der Waals surface area contributed by atoms with Gasteiger partial charge in [-0.05, 0) is 38.2 Å². The average Bonchev–Trinajstić information content (AvgIpc) is 2.49. The number of hydrogen-bond donors (Lipinski definition) is 1. The maximum atomic E-state index is 12.4. The second kappa shape index (κ2) is 6.15. The molecule has 1 saturated carbocycles. The molecule has 3 rings (SSSR count). The van der Waals surface area contributed by atoms with Gasteiger partial charge < -0.3 is 10.2 Å². The number of benzene rings is 1. The maximum absolute atomic E-state index is 12.4. The quantitative estimate of drug-likeness (QED) is 0.900. The molecule has 1 aromatic rings. The molecule has 1 saturated heterocycles. The summed E-state index contributed by atoms with van der Waals surface area (Å²) in [6.45, 7) is 3.79. The Kier molecular flexibility index (Phi) is 4.36. The van der Waals surface area contributed by atoms with Gasteiger partial charge in [-0.2, -0.15) is 0 Å². The summed E-state index contributed by atoms with van der Waals surface area (Å²) in [5.41, 5.74) is 1.32. The van der Waals surface area contributed by atoms with Crippen molar-refractivity contribution in [3.63, 3.8) is 0 Å². The Morgan fingerprint density at radius 2 is 1.83 bits per heavy atom. The predicted octanol–water partition coefficient (Wildman–Crippen LogP) is 2.15. The van der Waals surface area contributed by atoms with Crippen molar-refractivity contribution in [2.75, 3.05) is 12.3 Å². The van der Waals surface area contributed by atoms with Crippen LogP contribution in [-0.4, -0.2) is 49.0 Å². The van der Waals surface area contributed by atoms with Gasteiger partial charge in [-0.15, -0.1) is 0 Å². The molecule has 1 heterocycles. The molecule has 1 aromatic carbocycles. The van der Waals surface area contributed by atoms with Gasteiger partial charge >= 0.3 is 6.03 Å². The number of amides is 2. The molecule has 0 radical (unpaired) electrons. The zero-order chi connectivity index (χ0) is 16.6. The van der Waals surface area contributed by atoms with Gasteiger partial charge in [0, 0.05) is 18.6 Å². The highest BCUT2D eigenvalue weighted by atomic mass is 32.2. The summed E-state index contributed by atoms with van der Waals surface area (Å²) in [5.74, 6) is 0.572. The number of carbonyl (C=O) groups is 1. The Morgan fingerprint density at radius 1 is 1.17 bits per heavy atom. The molecule has 6 heteroatoms. The Hall–Kier alpha value is -1.56. The number of urea groups is 1. The molecular weight excluding hydrogens is 312 g/mol. The summed E-state index contributed by atoms with van der Waals surface area (Å²) in [4.78, 5) is 14.1. The second-order valence-electron chi connectivity index (χ2n) is 6.73. The topological polar surface area (TPSA) is 66.5 Å². The molecule has 126 valence electrons. The number of nitrogens with zero attached hydrogens (tertiary/aromatic N) is 1. The first-order chi connectivity index (χ1) is 10.9. The van der Waals surface area contributed by atoms with E-state index in [1.54, 1.807) is 11.8 Å². The van der Waals surface area contributed by atoms with Crippen molar-refractivity contribution in [3.05, 3.63) is 35.9 Å². The lowest BCUT2D eigenvalue weighted by molar-refractivity contribution is 0.165. The van der Waals surface area contributed by atoms with Gasteiger partial charge in [-0.25, -0.2) is 13.2 Å². The summed E-state index contributed by atoms with van der Waals surface area (Å²) in [6, 6.07) is 10.1. The van der Waals surface area contributed by atoms with E-state index < -0.39 is 15.1 Å². The molecule has 0 spiro atoms. The fourth-order valence-corrected chi connectivity index (χ4v) is 5.02. The summed E-state index contributed by atoms with van der Waals surface area (Å²) in [7, 11) is -3.06. The van der Waals surface area contributed by atoms with Crippen molar-refractivity contribution in [3.8, 4) is 0 Å². The minimum absolute atomic E-state index is 0.0588. The van der Waals surface area contributed by atoms with Crippen molar-refractivity contribution in [1.82, 2.24) is 10.2 Å². The van der Waals surface area contributed by atoms with Crippen LogP contribution in [0.15, 0.2) is 30.3 Å². The molecule has 1 aliphatic heterocycles. The number of rotatable bonds is 2. The lowest BCUT2D eigenvalue weighted by Crippen LogP contribution is -2.59. The van der Waals surface area contributed by atoms with Crippen LogP contribution in [0.3, 0.4) is 0 Å². The molecule has 5 nitrogen and oxygen atoms in total. The third-order valence-electron chi connectivity index (χ3n) is 5.35. The van der Waals surface area contributed by atoms with Crippen molar-refractivity contribution in [2.45, 2.75) is 49.9 Å². The average molecular weight is 336 g/mol. The van der Waals surface area contributed by atoms with Gasteiger partial charge in [0.1, 0.15) is 0 Å². The zero-order valence-corrected chi connectivity index (χ0v) is 14.4. The maximum Gasteiger partial charge on any atom is 0.317 e. The van der Waals surface area contributed by atoms with Gasteiger partial charge in [-0.1, -0.05) is 30.3 Å². The smallest absolute Gasteiger partial charge is 0.317 e. The second-order valence-corrected chi connectivity index (χ2v) is 9.21. The Labute approximate surface area is 138 Å². The van der Waals surface area contributed by atoms with Crippen molar-refractivity contribution in [2.24, 2.45) is 0 Å². The largest absolute Gasteiger partial charge is 0.335 e. The summed E-state index contributed by atoms with van der Waals surface area (Å²) < 4.78 is 23.8. The van der Waals surface area contributed by atoms with E-state index in [2.05, 4.69) is 17.4 Å². The summed E-state index contributed by atoms with van der Waals surface area (Å²) in [5, 5.41) is 2.56. The molecule has 2 fully saturated rings. The van der Waals surface area contributed by atoms with Gasteiger partial charge in [-0.3, -0.25) is 0 Å². The van der Waals surface area contributed by atoms with Crippen LogP contribution in [0.5, 0.6) is 0 Å². The van der Waals surface area contributed by atoms with Gasteiger partial charge in [0.05, 0.1) is 11.0 Å². The molecule has 0 unspecified atom stereocenters. The Morgan fingerprint density at radius 3 is 2.48 bits per heavy atom. The van der Waals surface area contributed by atoms with Crippen LogP contribution < -0.4 is 5.32 Å². The van der Waals surface area contributed by atoms with Crippen molar-refractivity contribution in [1.29, 1.82) is 0 Å². The first kappa shape index (κ1) is 16.3. The molecule has 0 bridgehead atoms.